The fourth-order valence-corrected chi connectivity index (χ4v) is 5.83. The number of rotatable bonds is 7. The number of benzene rings is 1. The van der Waals surface area contributed by atoms with E-state index in [0.29, 0.717) is 11.5 Å². The largest absolute Gasteiger partial charge is 0.307 e. The molecule has 5 rings (SSSR count). The third kappa shape index (κ3) is 6.27. The average molecular weight is 514 g/mol. The standard InChI is InChI=1S/C31H41N5.C2H6/c1-7-26-14-25(9-11-29(26)35-18-23(3)33-21-35)15-27-16-31(12-13-31)20-36(24(27)4)30(19-34(5)6)28-10-8-22(2)17-32-28;1-2/h8-11,14-15,17-18,21,24,30H,7,12-13,16,19-20H2,1-6H3;1-2H3/b27-15+;. The van der Waals surface area contributed by atoms with Crippen LogP contribution in [0.15, 0.2) is 54.6 Å². The maximum absolute atomic E-state index is 4.89. The summed E-state index contributed by atoms with van der Waals surface area (Å²) in [6.45, 7) is 14.9. The fourth-order valence-electron chi connectivity index (χ4n) is 5.83. The molecule has 3 heterocycles. The highest BCUT2D eigenvalue weighted by molar-refractivity contribution is 5.59. The van der Waals surface area contributed by atoms with Crippen LogP contribution >= 0.6 is 0 Å². The Bertz CT molecular complexity index is 1230. The molecule has 2 aliphatic rings. The molecule has 1 saturated carbocycles. The highest BCUT2D eigenvalue weighted by Crippen LogP contribution is 2.56. The van der Waals surface area contributed by atoms with E-state index in [1.54, 1.807) is 5.57 Å². The van der Waals surface area contributed by atoms with E-state index in [0.717, 1.165) is 18.7 Å². The van der Waals surface area contributed by atoms with Crippen LogP contribution in [-0.4, -0.2) is 57.6 Å². The first-order valence-electron chi connectivity index (χ1n) is 14.4. The van der Waals surface area contributed by atoms with Gasteiger partial charge in [0.15, 0.2) is 0 Å². The molecule has 204 valence electrons. The number of hydrogen-bond donors (Lipinski definition) is 0. The van der Waals surface area contributed by atoms with Crippen molar-refractivity contribution >= 4 is 6.08 Å². The lowest BCUT2D eigenvalue weighted by molar-refractivity contribution is 0.0789. The summed E-state index contributed by atoms with van der Waals surface area (Å²) in [7, 11) is 4.35. The summed E-state index contributed by atoms with van der Waals surface area (Å²) in [4.78, 5) is 14.4. The molecule has 0 amide bonds. The number of likely N-dealkylation sites (tertiary alicyclic amines) is 1. The van der Waals surface area contributed by atoms with Gasteiger partial charge in [0.1, 0.15) is 0 Å². The first kappa shape index (κ1) is 28.3. The molecule has 1 spiro atoms. The summed E-state index contributed by atoms with van der Waals surface area (Å²) >= 11 is 0. The second-order valence-electron chi connectivity index (χ2n) is 11.4. The molecular formula is C33H47N5. The van der Waals surface area contributed by atoms with E-state index in [9.17, 15) is 0 Å². The summed E-state index contributed by atoms with van der Waals surface area (Å²) < 4.78 is 2.15. The summed E-state index contributed by atoms with van der Waals surface area (Å²) in [6, 6.07) is 12.0. The van der Waals surface area contributed by atoms with E-state index in [4.69, 9.17) is 4.98 Å². The van der Waals surface area contributed by atoms with Gasteiger partial charge >= 0.3 is 0 Å². The summed E-state index contributed by atoms with van der Waals surface area (Å²) in [5.41, 5.74) is 9.35. The van der Waals surface area contributed by atoms with Crippen molar-refractivity contribution in [3.63, 3.8) is 0 Å². The molecule has 2 fully saturated rings. The second kappa shape index (κ2) is 12.0. The van der Waals surface area contributed by atoms with Gasteiger partial charge in [-0.15, -0.1) is 0 Å². The van der Waals surface area contributed by atoms with E-state index >= 15 is 0 Å². The monoisotopic (exact) mass is 513 g/mol. The maximum atomic E-state index is 4.89. The normalized spacial score (nSPS) is 20.4. The van der Waals surface area contributed by atoms with Crippen LogP contribution < -0.4 is 0 Å². The lowest BCUT2D eigenvalue weighted by atomic mass is 9.83. The van der Waals surface area contributed by atoms with Crippen molar-refractivity contribution in [3.05, 3.63) is 82.7 Å². The minimum absolute atomic E-state index is 0.287. The number of imidazole rings is 1. The zero-order valence-electron chi connectivity index (χ0n) is 24.8. The number of likely N-dealkylation sites (N-methyl/N-ethyl adjacent to an activating group) is 1. The Balaban J connectivity index is 0.00000164. The molecule has 2 unspecified atom stereocenters. The SMILES string of the molecule is CC.CCc1cc(/C=C2\CC3(CC3)CN(C(CN(C)C)c3ccc(C)cn3)C2C)ccc1-n1cnc(C)c1. The van der Waals surface area contributed by atoms with Crippen molar-refractivity contribution in [3.8, 4) is 5.69 Å². The third-order valence-electron chi connectivity index (χ3n) is 8.13. The smallest absolute Gasteiger partial charge is 0.0995 e. The van der Waals surface area contributed by atoms with Gasteiger partial charge in [-0.05, 0) is 101 Å². The quantitative estimate of drug-likeness (QED) is 0.340. The van der Waals surface area contributed by atoms with Gasteiger partial charge < -0.3 is 9.47 Å². The zero-order chi connectivity index (χ0) is 27.4. The topological polar surface area (TPSA) is 37.2 Å². The Morgan fingerprint density at radius 2 is 1.87 bits per heavy atom. The first-order chi connectivity index (χ1) is 18.3. The highest BCUT2D eigenvalue weighted by Gasteiger charge is 2.50. The van der Waals surface area contributed by atoms with Crippen LogP contribution in [0.1, 0.15) is 81.1 Å². The number of pyridine rings is 1. The molecule has 5 nitrogen and oxygen atoms in total. The Hall–Kier alpha value is -2.76. The number of hydrogen-bond acceptors (Lipinski definition) is 4. The van der Waals surface area contributed by atoms with E-state index < -0.39 is 0 Å². The van der Waals surface area contributed by atoms with Crippen LogP contribution in [0, 0.1) is 19.3 Å². The molecule has 1 saturated heterocycles. The van der Waals surface area contributed by atoms with Crippen molar-refractivity contribution in [2.75, 3.05) is 27.2 Å². The Morgan fingerprint density at radius 1 is 1.11 bits per heavy atom. The predicted molar refractivity (Wildman–Crippen MR) is 160 cm³/mol. The molecule has 1 aliphatic carbocycles. The molecule has 0 bridgehead atoms. The van der Waals surface area contributed by atoms with E-state index in [1.807, 2.05) is 33.3 Å². The minimum atomic E-state index is 0.287. The molecule has 2 aromatic heterocycles. The van der Waals surface area contributed by atoms with Crippen LogP contribution in [0.25, 0.3) is 11.8 Å². The number of aryl methyl sites for hydroxylation is 3. The minimum Gasteiger partial charge on any atom is -0.307 e. The van der Waals surface area contributed by atoms with Gasteiger partial charge in [0, 0.05) is 37.2 Å². The Labute approximate surface area is 230 Å². The third-order valence-corrected chi connectivity index (χ3v) is 8.13. The Morgan fingerprint density at radius 3 is 2.45 bits per heavy atom. The van der Waals surface area contributed by atoms with Gasteiger partial charge in [-0.3, -0.25) is 9.88 Å². The van der Waals surface area contributed by atoms with Crippen molar-refractivity contribution in [2.45, 2.75) is 79.3 Å². The second-order valence-corrected chi connectivity index (χ2v) is 11.4. The molecule has 38 heavy (non-hydrogen) atoms. The predicted octanol–water partition coefficient (Wildman–Crippen LogP) is 7.03. The summed E-state index contributed by atoms with van der Waals surface area (Å²) in [5.74, 6) is 0. The molecule has 2 atom stereocenters. The fraction of sp³-hybridized carbons (Fsp3) is 0.515. The van der Waals surface area contributed by atoms with Crippen LogP contribution in [-0.2, 0) is 6.42 Å². The van der Waals surface area contributed by atoms with Crippen LogP contribution in [0.4, 0.5) is 0 Å². The molecule has 3 aromatic rings. The maximum Gasteiger partial charge on any atom is 0.0995 e. The van der Waals surface area contributed by atoms with Crippen molar-refractivity contribution < 1.29 is 0 Å². The van der Waals surface area contributed by atoms with Gasteiger partial charge in [0.2, 0.25) is 0 Å². The molecule has 0 N–H and O–H groups in total. The lowest BCUT2D eigenvalue weighted by Crippen LogP contribution is -2.48. The van der Waals surface area contributed by atoms with Crippen LogP contribution in [0.5, 0.6) is 0 Å². The molecular weight excluding hydrogens is 466 g/mol. The molecule has 5 heteroatoms. The molecule has 1 aromatic carbocycles. The van der Waals surface area contributed by atoms with Gasteiger partial charge in [-0.2, -0.15) is 0 Å². The Kier molecular flexibility index (Phi) is 8.89. The number of piperidine rings is 1. The highest BCUT2D eigenvalue weighted by atomic mass is 15.2. The van der Waals surface area contributed by atoms with Gasteiger partial charge in [0.25, 0.3) is 0 Å². The van der Waals surface area contributed by atoms with Gasteiger partial charge in [-0.1, -0.05) is 44.6 Å². The van der Waals surface area contributed by atoms with Crippen LogP contribution in [0.3, 0.4) is 0 Å². The van der Waals surface area contributed by atoms with E-state index in [-0.39, 0.29) is 6.04 Å². The lowest BCUT2D eigenvalue weighted by Gasteiger charge is -2.45. The summed E-state index contributed by atoms with van der Waals surface area (Å²) in [6.07, 6.45) is 13.4. The van der Waals surface area contributed by atoms with Crippen molar-refractivity contribution in [1.82, 2.24) is 24.3 Å². The first-order valence-corrected chi connectivity index (χ1v) is 14.4. The van der Waals surface area contributed by atoms with Gasteiger partial charge in [0.05, 0.1) is 23.8 Å². The molecule has 1 aliphatic heterocycles. The van der Waals surface area contributed by atoms with Crippen molar-refractivity contribution in [2.24, 2.45) is 5.41 Å². The van der Waals surface area contributed by atoms with E-state index in [2.05, 4.69) is 96.8 Å². The summed E-state index contributed by atoms with van der Waals surface area (Å²) in [5, 5.41) is 0. The van der Waals surface area contributed by atoms with E-state index in [1.165, 1.54) is 53.9 Å². The number of nitrogens with zero attached hydrogens (tertiary/aromatic N) is 5. The van der Waals surface area contributed by atoms with Gasteiger partial charge in [-0.25, -0.2) is 4.98 Å². The average Bonchev–Trinajstić information content (AvgIpc) is 3.52. The zero-order valence-corrected chi connectivity index (χ0v) is 24.8. The van der Waals surface area contributed by atoms with Crippen LogP contribution in [0.2, 0.25) is 0 Å². The van der Waals surface area contributed by atoms with Crippen molar-refractivity contribution in [1.29, 1.82) is 0 Å². The molecule has 0 radical (unpaired) electrons. The number of aromatic nitrogens is 3.